The van der Waals surface area contributed by atoms with E-state index >= 15 is 0 Å². The van der Waals surface area contributed by atoms with Crippen LogP contribution < -0.4 is 9.47 Å². The minimum Gasteiger partial charge on any atom is -0.497 e. The second-order valence-corrected chi connectivity index (χ2v) is 6.57. The van der Waals surface area contributed by atoms with Gasteiger partial charge in [-0.25, -0.2) is 4.79 Å². The third kappa shape index (κ3) is 5.26. The van der Waals surface area contributed by atoms with Crippen molar-refractivity contribution in [3.05, 3.63) is 101 Å². The first-order valence-electron chi connectivity index (χ1n) is 9.33. The number of rotatable bonds is 7. The van der Waals surface area contributed by atoms with Crippen LogP contribution in [-0.4, -0.2) is 20.2 Å². The van der Waals surface area contributed by atoms with Crippen LogP contribution in [0.2, 0.25) is 0 Å². The highest BCUT2D eigenvalue weighted by molar-refractivity contribution is 5.93. The van der Waals surface area contributed by atoms with Crippen LogP contribution >= 0.6 is 0 Å². The molecule has 0 saturated carbocycles. The molecule has 0 fully saturated rings. The second kappa shape index (κ2) is 9.60. The fraction of sp³-hybridized carbons (Fsp3) is 0.160. The summed E-state index contributed by atoms with van der Waals surface area (Å²) in [7, 11) is 3.24. The highest BCUT2D eigenvalue weighted by Crippen LogP contribution is 2.30. The number of esters is 1. The van der Waals surface area contributed by atoms with Crippen molar-refractivity contribution in [2.24, 2.45) is 0 Å². The molecule has 0 atom stereocenters. The fourth-order valence-electron chi connectivity index (χ4n) is 2.94. The van der Waals surface area contributed by atoms with Gasteiger partial charge in [0.15, 0.2) is 6.10 Å². The van der Waals surface area contributed by atoms with Gasteiger partial charge in [0.05, 0.1) is 14.2 Å². The van der Waals surface area contributed by atoms with E-state index in [1.807, 2.05) is 84.9 Å². The van der Waals surface area contributed by atoms with Crippen molar-refractivity contribution in [2.75, 3.05) is 14.2 Å². The quantitative estimate of drug-likeness (QED) is 0.399. The Morgan fingerprint density at radius 2 is 1.24 bits per heavy atom. The monoisotopic (exact) mass is 388 g/mol. The summed E-state index contributed by atoms with van der Waals surface area (Å²) in [6.45, 7) is 1.76. The van der Waals surface area contributed by atoms with Gasteiger partial charge >= 0.3 is 5.97 Å². The zero-order valence-corrected chi connectivity index (χ0v) is 16.8. The van der Waals surface area contributed by atoms with E-state index in [0.717, 1.165) is 28.2 Å². The molecule has 4 nitrogen and oxygen atoms in total. The lowest BCUT2D eigenvalue weighted by molar-refractivity contribution is -0.142. The number of carbonyl (C=O) groups is 1. The average Bonchev–Trinajstić information content (AvgIpc) is 2.78. The van der Waals surface area contributed by atoms with Gasteiger partial charge in [-0.3, -0.25) is 0 Å². The van der Waals surface area contributed by atoms with Gasteiger partial charge in [-0.05, 0) is 54.0 Å². The number of carbonyl (C=O) groups excluding carboxylic acids is 1. The Morgan fingerprint density at radius 3 is 1.69 bits per heavy atom. The summed E-state index contributed by atoms with van der Waals surface area (Å²) < 4.78 is 16.4. The normalized spacial score (nSPS) is 11.2. The van der Waals surface area contributed by atoms with Gasteiger partial charge in [-0.15, -0.1) is 0 Å². The molecule has 148 valence electrons. The molecule has 0 radical (unpaired) electrons. The first-order chi connectivity index (χ1) is 14.1. The van der Waals surface area contributed by atoms with Crippen LogP contribution in [0, 0.1) is 0 Å². The standard InChI is InChI=1S/C25H24O4/c1-18(17-19-7-5-4-6-8-19)25(26)29-24(20-9-13-22(27-2)14-10-20)21-11-15-23(28-3)16-12-21/h4-17,24H,1-3H3. The Kier molecular flexibility index (Phi) is 6.69. The molecule has 3 rings (SSSR count). The third-order valence-corrected chi connectivity index (χ3v) is 4.57. The molecule has 0 bridgehead atoms. The van der Waals surface area contributed by atoms with Crippen LogP contribution in [0.5, 0.6) is 11.5 Å². The number of benzene rings is 3. The molecule has 0 N–H and O–H groups in total. The van der Waals surface area contributed by atoms with Gasteiger partial charge in [0.25, 0.3) is 0 Å². The summed E-state index contributed by atoms with van der Waals surface area (Å²) in [5, 5.41) is 0. The van der Waals surface area contributed by atoms with E-state index in [1.165, 1.54) is 0 Å². The fourth-order valence-corrected chi connectivity index (χ4v) is 2.94. The second-order valence-electron chi connectivity index (χ2n) is 6.57. The Labute approximate surface area is 171 Å². The maximum atomic E-state index is 12.8. The predicted octanol–water partition coefficient (Wildman–Crippen LogP) is 5.44. The molecular weight excluding hydrogens is 364 g/mol. The Hall–Kier alpha value is -3.53. The van der Waals surface area contributed by atoms with Crippen molar-refractivity contribution >= 4 is 12.0 Å². The summed E-state index contributed by atoms with van der Waals surface area (Å²) in [4.78, 5) is 12.8. The van der Waals surface area contributed by atoms with Crippen LogP contribution in [0.15, 0.2) is 84.4 Å². The maximum Gasteiger partial charge on any atom is 0.334 e. The minimum atomic E-state index is -0.543. The summed E-state index contributed by atoms with van der Waals surface area (Å²) in [6.07, 6.45) is 1.28. The lowest BCUT2D eigenvalue weighted by Gasteiger charge is -2.20. The van der Waals surface area contributed by atoms with E-state index in [2.05, 4.69) is 0 Å². The van der Waals surface area contributed by atoms with E-state index in [4.69, 9.17) is 14.2 Å². The number of hydrogen-bond acceptors (Lipinski definition) is 4. The molecule has 0 aliphatic rings. The summed E-state index contributed by atoms with van der Waals surface area (Å²) in [5.41, 5.74) is 3.20. The van der Waals surface area contributed by atoms with Gasteiger partial charge in [0.1, 0.15) is 11.5 Å². The van der Waals surface area contributed by atoms with Crippen LogP contribution in [0.25, 0.3) is 6.08 Å². The predicted molar refractivity (Wildman–Crippen MR) is 114 cm³/mol. The molecule has 0 spiro atoms. The number of ether oxygens (including phenoxy) is 3. The summed E-state index contributed by atoms with van der Waals surface area (Å²) in [6, 6.07) is 24.7. The van der Waals surface area contributed by atoms with Crippen molar-refractivity contribution in [1.29, 1.82) is 0 Å². The maximum absolute atomic E-state index is 12.8. The molecule has 0 aliphatic heterocycles. The van der Waals surface area contributed by atoms with Gasteiger partial charge in [-0.1, -0.05) is 54.6 Å². The molecule has 0 saturated heterocycles. The van der Waals surface area contributed by atoms with Crippen LogP contribution in [0.1, 0.15) is 29.7 Å². The molecule has 0 heterocycles. The van der Waals surface area contributed by atoms with Crippen molar-refractivity contribution < 1.29 is 19.0 Å². The van der Waals surface area contributed by atoms with Crippen molar-refractivity contribution in [3.63, 3.8) is 0 Å². The van der Waals surface area contributed by atoms with Crippen molar-refractivity contribution in [3.8, 4) is 11.5 Å². The first kappa shape index (κ1) is 20.2. The number of methoxy groups -OCH3 is 2. The molecule has 0 aliphatic carbocycles. The van der Waals surface area contributed by atoms with Crippen LogP contribution in [0.4, 0.5) is 0 Å². The lowest BCUT2D eigenvalue weighted by atomic mass is 10.0. The van der Waals surface area contributed by atoms with Gasteiger partial charge in [-0.2, -0.15) is 0 Å². The molecule has 3 aromatic rings. The number of hydrogen-bond donors (Lipinski definition) is 0. The zero-order valence-electron chi connectivity index (χ0n) is 16.8. The van der Waals surface area contributed by atoms with E-state index in [0.29, 0.717) is 5.57 Å². The Balaban J connectivity index is 1.89. The Morgan fingerprint density at radius 1 is 0.759 bits per heavy atom. The topological polar surface area (TPSA) is 44.8 Å². The average molecular weight is 388 g/mol. The largest absolute Gasteiger partial charge is 0.497 e. The highest BCUT2D eigenvalue weighted by Gasteiger charge is 2.20. The highest BCUT2D eigenvalue weighted by atomic mass is 16.5. The van der Waals surface area contributed by atoms with Crippen LogP contribution in [-0.2, 0) is 9.53 Å². The van der Waals surface area contributed by atoms with Crippen LogP contribution in [0.3, 0.4) is 0 Å². The summed E-state index contributed by atoms with van der Waals surface area (Å²) >= 11 is 0. The molecular formula is C25H24O4. The molecule has 4 heteroatoms. The SMILES string of the molecule is COc1ccc(C(OC(=O)C(C)=Cc2ccccc2)c2ccc(OC)cc2)cc1. The van der Waals surface area contributed by atoms with E-state index < -0.39 is 6.10 Å². The molecule has 0 aromatic heterocycles. The van der Waals surface area contributed by atoms with Crippen molar-refractivity contribution in [1.82, 2.24) is 0 Å². The minimum absolute atomic E-state index is 0.370. The molecule has 3 aromatic carbocycles. The van der Waals surface area contributed by atoms with Gasteiger partial charge in [0, 0.05) is 5.57 Å². The van der Waals surface area contributed by atoms with Gasteiger partial charge in [0.2, 0.25) is 0 Å². The smallest absolute Gasteiger partial charge is 0.334 e. The van der Waals surface area contributed by atoms with E-state index in [-0.39, 0.29) is 5.97 Å². The summed E-state index contributed by atoms with van der Waals surface area (Å²) in [5.74, 6) is 1.12. The zero-order chi connectivity index (χ0) is 20.6. The first-order valence-corrected chi connectivity index (χ1v) is 9.33. The lowest BCUT2D eigenvalue weighted by Crippen LogP contribution is -2.13. The van der Waals surface area contributed by atoms with E-state index in [1.54, 1.807) is 21.1 Å². The molecule has 0 unspecified atom stereocenters. The molecule has 0 amide bonds. The van der Waals surface area contributed by atoms with Gasteiger partial charge < -0.3 is 14.2 Å². The molecule has 29 heavy (non-hydrogen) atoms. The Bertz CT molecular complexity index is 910. The van der Waals surface area contributed by atoms with Crippen molar-refractivity contribution in [2.45, 2.75) is 13.0 Å². The third-order valence-electron chi connectivity index (χ3n) is 4.57. The van der Waals surface area contributed by atoms with E-state index in [9.17, 15) is 4.79 Å².